The Hall–Kier alpha value is -0.890. The highest BCUT2D eigenvalue weighted by molar-refractivity contribution is 5.32. The number of aryl methyl sites for hydroxylation is 1. The summed E-state index contributed by atoms with van der Waals surface area (Å²) in [5, 5.41) is 0. The zero-order valence-electron chi connectivity index (χ0n) is 9.26. The fraction of sp³-hybridized carbons (Fsp3) is 0.500. The minimum atomic E-state index is -0.391. The van der Waals surface area contributed by atoms with Crippen molar-refractivity contribution in [2.75, 3.05) is 0 Å². The van der Waals surface area contributed by atoms with Gasteiger partial charge in [0.15, 0.2) is 0 Å². The van der Waals surface area contributed by atoms with Crippen molar-refractivity contribution >= 4 is 0 Å². The molecule has 14 heavy (non-hydrogen) atoms. The topological polar surface area (TPSA) is 26.0 Å². The quantitative estimate of drug-likeness (QED) is 0.771. The molecule has 0 aliphatic rings. The van der Waals surface area contributed by atoms with E-state index in [1.807, 2.05) is 13.8 Å². The highest BCUT2D eigenvalue weighted by atomic mass is 19.1. The van der Waals surface area contributed by atoms with E-state index in [1.165, 1.54) is 12.1 Å². The predicted octanol–water partition coefficient (Wildman–Crippen LogP) is 2.96. The monoisotopic (exact) mass is 195 g/mol. The number of halogens is 1. The fourth-order valence-corrected chi connectivity index (χ4v) is 1.54. The molecule has 0 amide bonds. The molecule has 1 unspecified atom stereocenters. The van der Waals surface area contributed by atoms with Crippen molar-refractivity contribution in [2.24, 2.45) is 11.7 Å². The van der Waals surface area contributed by atoms with Gasteiger partial charge < -0.3 is 5.73 Å². The van der Waals surface area contributed by atoms with Crippen LogP contribution in [-0.2, 0) is 5.54 Å². The Bertz CT molecular complexity index is 329. The SMILES string of the molecule is Cc1cc(F)ccc1C(C)(N)C(C)C. The van der Waals surface area contributed by atoms with Gasteiger partial charge in [-0.05, 0) is 43.0 Å². The van der Waals surface area contributed by atoms with Gasteiger partial charge in [-0.3, -0.25) is 0 Å². The van der Waals surface area contributed by atoms with E-state index in [0.29, 0.717) is 5.92 Å². The Balaban J connectivity index is 3.19. The van der Waals surface area contributed by atoms with Crippen molar-refractivity contribution in [3.8, 4) is 0 Å². The molecule has 0 radical (unpaired) electrons. The zero-order chi connectivity index (χ0) is 10.9. The standard InChI is InChI=1S/C12H18FN/c1-8(2)12(4,14)11-6-5-10(13)7-9(11)3/h5-8H,14H2,1-4H3. The second-order valence-corrected chi connectivity index (χ2v) is 4.40. The molecular weight excluding hydrogens is 177 g/mol. The molecule has 1 nitrogen and oxygen atoms in total. The molecule has 1 rings (SSSR count). The van der Waals surface area contributed by atoms with Gasteiger partial charge in [0.25, 0.3) is 0 Å². The molecule has 78 valence electrons. The highest BCUT2D eigenvalue weighted by Gasteiger charge is 2.26. The van der Waals surface area contributed by atoms with Crippen LogP contribution in [0.5, 0.6) is 0 Å². The average molecular weight is 195 g/mol. The van der Waals surface area contributed by atoms with Crippen LogP contribution in [-0.4, -0.2) is 0 Å². The first kappa shape index (κ1) is 11.2. The molecule has 0 aliphatic heterocycles. The number of hydrogen-bond acceptors (Lipinski definition) is 1. The van der Waals surface area contributed by atoms with E-state index in [4.69, 9.17) is 5.73 Å². The Labute approximate surface area is 85.1 Å². The first-order valence-electron chi connectivity index (χ1n) is 4.91. The maximum Gasteiger partial charge on any atom is 0.123 e. The van der Waals surface area contributed by atoms with Crippen LogP contribution >= 0.6 is 0 Å². The van der Waals surface area contributed by atoms with Gasteiger partial charge in [0.1, 0.15) is 5.82 Å². The van der Waals surface area contributed by atoms with E-state index in [1.54, 1.807) is 6.07 Å². The summed E-state index contributed by atoms with van der Waals surface area (Å²) in [6.45, 7) is 8.02. The van der Waals surface area contributed by atoms with Gasteiger partial charge in [0.2, 0.25) is 0 Å². The van der Waals surface area contributed by atoms with Crippen LogP contribution in [0.1, 0.15) is 31.9 Å². The molecule has 2 N–H and O–H groups in total. The summed E-state index contributed by atoms with van der Waals surface area (Å²) in [7, 11) is 0. The summed E-state index contributed by atoms with van der Waals surface area (Å²) in [5.41, 5.74) is 7.76. The number of rotatable bonds is 2. The summed E-state index contributed by atoms with van der Waals surface area (Å²) in [4.78, 5) is 0. The fourth-order valence-electron chi connectivity index (χ4n) is 1.54. The minimum absolute atomic E-state index is 0.203. The lowest BCUT2D eigenvalue weighted by Gasteiger charge is -2.31. The van der Waals surface area contributed by atoms with E-state index < -0.39 is 5.54 Å². The second kappa shape index (κ2) is 3.70. The predicted molar refractivity (Wildman–Crippen MR) is 57.5 cm³/mol. The van der Waals surface area contributed by atoms with Gasteiger partial charge in [0.05, 0.1) is 0 Å². The number of benzene rings is 1. The summed E-state index contributed by atoms with van der Waals surface area (Å²) >= 11 is 0. The third-order valence-electron chi connectivity index (χ3n) is 2.97. The summed E-state index contributed by atoms with van der Waals surface area (Å²) in [6.07, 6.45) is 0. The summed E-state index contributed by atoms with van der Waals surface area (Å²) < 4.78 is 12.9. The molecular formula is C12H18FN. The van der Waals surface area contributed by atoms with Crippen molar-refractivity contribution in [3.05, 3.63) is 35.1 Å². The molecule has 1 aromatic carbocycles. The smallest absolute Gasteiger partial charge is 0.123 e. The molecule has 0 aromatic heterocycles. The number of nitrogens with two attached hydrogens (primary N) is 1. The summed E-state index contributed by atoms with van der Waals surface area (Å²) in [6, 6.07) is 4.78. The van der Waals surface area contributed by atoms with Crippen LogP contribution in [0.4, 0.5) is 4.39 Å². The lowest BCUT2D eigenvalue weighted by atomic mass is 9.80. The zero-order valence-corrected chi connectivity index (χ0v) is 9.26. The number of hydrogen-bond donors (Lipinski definition) is 1. The van der Waals surface area contributed by atoms with Gasteiger partial charge in [-0.15, -0.1) is 0 Å². The van der Waals surface area contributed by atoms with Crippen LogP contribution in [0.15, 0.2) is 18.2 Å². The maximum atomic E-state index is 12.9. The third-order valence-corrected chi connectivity index (χ3v) is 2.97. The van der Waals surface area contributed by atoms with Crippen molar-refractivity contribution in [1.29, 1.82) is 0 Å². The van der Waals surface area contributed by atoms with Crippen LogP contribution in [0.2, 0.25) is 0 Å². The first-order chi connectivity index (χ1) is 6.35. The van der Waals surface area contributed by atoms with E-state index in [-0.39, 0.29) is 5.82 Å². The van der Waals surface area contributed by atoms with Crippen molar-refractivity contribution in [3.63, 3.8) is 0 Å². The lowest BCUT2D eigenvalue weighted by Crippen LogP contribution is -2.39. The lowest BCUT2D eigenvalue weighted by molar-refractivity contribution is 0.348. The first-order valence-corrected chi connectivity index (χ1v) is 4.91. The van der Waals surface area contributed by atoms with E-state index >= 15 is 0 Å². The highest BCUT2D eigenvalue weighted by Crippen LogP contribution is 2.28. The molecule has 0 heterocycles. The molecule has 0 saturated heterocycles. The molecule has 2 heteroatoms. The maximum absolute atomic E-state index is 12.9. The van der Waals surface area contributed by atoms with Crippen molar-refractivity contribution in [1.82, 2.24) is 0 Å². The Kier molecular flexibility index (Phi) is 2.95. The van der Waals surface area contributed by atoms with Gasteiger partial charge in [-0.2, -0.15) is 0 Å². The van der Waals surface area contributed by atoms with Gasteiger partial charge in [0, 0.05) is 5.54 Å². The van der Waals surface area contributed by atoms with Gasteiger partial charge in [-0.25, -0.2) is 4.39 Å². The van der Waals surface area contributed by atoms with Gasteiger partial charge in [-0.1, -0.05) is 19.9 Å². The Morgan fingerprint density at radius 3 is 2.36 bits per heavy atom. The molecule has 0 fully saturated rings. The van der Waals surface area contributed by atoms with Crippen LogP contribution in [0, 0.1) is 18.7 Å². The average Bonchev–Trinajstić information content (AvgIpc) is 2.02. The Morgan fingerprint density at radius 1 is 1.36 bits per heavy atom. The molecule has 0 aliphatic carbocycles. The van der Waals surface area contributed by atoms with Crippen LogP contribution in [0.25, 0.3) is 0 Å². The minimum Gasteiger partial charge on any atom is -0.321 e. The molecule has 1 atom stereocenters. The third kappa shape index (κ3) is 1.95. The normalized spacial score (nSPS) is 15.6. The van der Waals surface area contributed by atoms with E-state index in [2.05, 4.69) is 13.8 Å². The van der Waals surface area contributed by atoms with E-state index in [0.717, 1.165) is 11.1 Å². The molecule has 1 aromatic rings. The largest absolute Gasteiger partial charge is 0.321 e. The molecule has 0 spiro atoms. The van der Waals surface area contributed by atoms with Crippen molar-refractivity contribution in [2.45, 2.75) is 33.2 Å². The summed E-state index contributed by atoms with van der Waals surface area (Å²) in [5.74, 6) is 0.123. The van der Waals surface area contributed by atoms with Crippen molar-refractivity contribution < 1.29 is 4.39 Å². The second-order valence-electron chi connectivity index (χ2n) is 4.40. The van der Waals surface area contributed by atoms with Crippen LogP contribution < -0.4 is 5.73 Å². The van der Waals surface area contributed by atoms with E-state index in [9.17, 15) is 4.39 Å². The molecule has 0 saturated carbocycles. The van der Waals surface area contributed by atoms with Gasteiger partial charge >= 0.3 is 0 Å². The Morgan fingerprint density at radius 2 is 1.93 bits per heavy atom. The van der Waals surface area contributed by atoms with Crippen LogP contribution in [0.3, 0.4) is 0 Å². The molecule has 0 bridgehead atoms.